The van der Waals surface area contributed by atoms with Crippen LogP contribution in [0.25, 0.3) is 0 Å². The maximum absolute atomic E-state index is 12.1. The van der Waals surface area contributed by atoms with Crippen molar-refractivity contribution in [2.75, 3.05) is 18.9 Å². The molecule has 0 amide bonds. The topological polar surface area (TPSA) is 92.4 Å². The smallest absolute Gasteiger partial charge is 0.240 e. The number of anilines is 1. The third-order valence-electron chi connectivity index (χ3n) is 2.88. The molecule has 0 aliphatic carbocycles. The molecular weight excluding hydrogens is 264 g/mol. The molecule has 0 heterocycles. The number of hydrogen-bond donors (Lipinski definition) is 3. The van der Waals surface area contributed by atoms with E-state index in [1.807, 2.05) is 0 Å². The summed E-state index contributed by atoms with van der Waals surface area (Å²) in [7, 11) is -3.49. The first kappa shape index (κ1) is 15.9. The summed E-state index contributed by atoms with van der Waals surface area (Å²) >= 11 is 0. The van der Waals surface area contributed by atoms with Crippen LogP contribution in [-0.4, -0.2) is 26.7 Å². The zero-order valence-electron chi connectivity index (χ0n) is 11.2. The summed E-state index contributed by atoms with van der Waals surface area (Å²) in [6.07, 6.45) is 3.34. The predicted octanol–water partition coefficient (Wildman–Crippen LogP) is 1.41. The molecule has 1 aromatic carbocycles. The second-order valence-corrected chi connectivity index (χ2v) is 6.30. The van der Waals surface area contributed by atoms with Crippen LogP contribution in [0.15, 0.2) is 23.1 Å². The molecule has 0 aliphatic heterocycles. The molecule has 108 valence electrons. The van der Waals surface area contributed by atoms with Gasteiger partial charge < -0.3 is 10.8 Å². The Morgan fingerprint density at radius 2 is 1.89 bits per heavy atom. The lowest BCUT2D eigenvalue weighted by Crippen LogP contribution is -2.25. The van der Waals surface area contributed by atoms with Gasteiger partial charge in [-0.1, -0.05) is 18.9 Å². The van der Waals surface area contributed by atoms with Crippen molar-refractivity contribution >= 4 is 15.7 Å². The number of aliphatic hydroxyl groups is 1. The van der Waals surface area contributed by atoms with E-state index in [1.54, 1.807) is 19.1 Å². The van der Waals surface area contributed by atoms with Gasteiger partial charge in [-0.25, -0.2) is 13.1 Å². The van der Waals surface area contributed by atoms with Crippen molar-refractivity contribution in [3.05, 3.63) is 23.8 Å². The molecule has 19 heavy (non-hydrogen) atoms. The van der Waals surface area contributed by atoms with Crippen LogP contribution in [0.4, 0.5) is 5.69 Å². The number of aryl methyl sites for hydroxylation is 1. The Labute approximate surface area is 114 Å². The van der Waals surface area contributed by atoms with Gasteiger partial charge in [0.2, 0.25) is 10.0 Å². The monoisotopic (exact) mass is 286 g/mol. The quantitative estimate of drug-likeness (QED) is 0.497. The Kier molecular flexibility index (Phi) is 6.27. The number of rotatable bonds is 8. The van der Waals surface area contributed by atoms with Gasteiger partial charge >= 0.3 is 0 Å². The van der Waals surface area contributed by atoms with Gasteiger partial charge in [0.15, 0.2) is 0 Å². The molecule has 5 nitrogen and oxygen atoms in total. The van der Waals surface area contributed by atoms with Crippen molar-refractivity contribution in [1.82, 2.24) is 4.72 Å². The first-order valence-corrected chi connectivity index (χ1v) is 7.92. The summed E-state index contributed by atoms with van der Waals surface area (Å²) < 4.78 is 26.7. The molecule has 0 radical (unpaired) electrons. The van der Waals surface area contributed by atoms with Gasteiger partial charge in [-0.3, -0.25) is 0 Å². The lowest BCUT2D eigenvalue weighted by Gasteiger charge is -2.10. The minimum Gasteiger partial charge on any atom is -0.399 e. The molecule has 0 atom stereocenters. The third-order valence-corrected chi connectivity index (χ3v) is 4.48. The van der Waals surface area contributed by atoms with Crippen molar-refractivity contribution in [1.29, 1.82) is 0 Å². The molecule has 6 heteroatoms. The average Bonchev–Trinajstić information content (AvgIpc) is 2.36. The van der Waals surface area contributed by atoms with Gasteiger partial charge in [0, 0.05) is 18.8 Å². The fourth-order valence-corrected chi connectivity index (χ4v) is 3.13. The molecule has 0 fully saturated rings. The van der Waals surface area contributed by atoms with E-state index in [4.69, 9.17) is 10.8 Å². The molecule has 0 saturated carbocycles. The van der Waals surface area contributed by atoms with Crippen LogP contribution in [0, 0.1) is 6.92 Å². The zero-order valence-corrected chi connectivity index (χ0v) is 12.0. The Bertz CT molecular complexity index is 501. The molecule has 1 aromatic rings. The minimum absolute atomic E-state index is 0.189. The maximum atomic E-state index is 12.1. The lowest BCUT2D eigenvalue weighted by molar-refractivity contribution is 0.282. The highest BCUT2D eigenvalue weighted by Gasteiger charge is 2.16. The summed E-state index contributed by atoms with van der Waals surface area (Å²) in [4.78, 5) is 0.239. The van der Waals surface area contributed by atoms with E-state index in [2.05, 4.69) is 4.72 Å². The van der Waals surface area contributed by atoms with E-state index in [0.717, 1.165) is 25.7 Å². The van der Waals surface area contributed by atoms with E-state index in [0.29, 0.717) is 17.8 Å². The normalized spacial score (nSPS) is 11.7. The fraction of sp³-hybridized carbons (Fsp3) is 0.538. The van der Waals surface area contributed by atoms with Crippen molar-refractivity contribution in [3.8, 4) is 0 Å². The van der Waals surface area contributed by atoms with Crippen molar-refractivity contribution in [2.45, 2.75) is 37.5 Å². The van der Waals surface area contributed by atoms with Gasteiger partial charge in [0.1, 0.15) is 0 Å². The molecule has 0 unspecified atom stereocenters. The summed E-state index contributed by atoms with van der Waals surface area (Å²) in [6, 6.07) is 4.86. The Morgan fingerprint density at radius 3 is 2.58 bits per heavy atom. The van der Waals surface area contributed by atoms with E-state index < -0.39 is 10.0 Å². The number of benzene rings is 1. The van der Waals surface area contributed by atoms with Crippen LogP contribution in [-0.2, 0) is 10.0 Å². The molecule has 4 N–H and O–H groups in total. The first-order valence-electron chi connectivity index (χ1n) is 6.44. The fourth-order valence-electron chi connectivity index (χ4n) is 1.78. The standard InChI is InChI=1S/C13H22N2O3S/c1-11-6-7-12(14)10-13(11)19(17,18)15-8-4-2-3-5-9-16/h6-7,10,15-16H,2-5,8-9,14H2,1H3. The molecule has 0 bridgehead atoms. The molecule has 1 rings (SSSR count). The van der Waals surface area contributed by atoms with Gasteiger partial charge in [0.05, 0.1) is 4.90 Å². The summed E-state index contributed by atoms with van der Waals surface area (Å²) in [5, 5.41) is 8.63. The predicted molar refractivity (Wildman–Crippen MR) is 76.3 cm³/mol. The Hall–Kier alpha value is -1.11. The van der Waals surface area contributed by atoms with E-state index >= 15 is 0 Å². The van der Waals surface area contributed by atoms with Crippen LogP contribution in [0.2, 0.25) is 0 Å². The summed E-state index contributed by atoms with van der Waals surface area (Å²) in [6.45, 7) is 2.34. The highest BCUT2D eigenvalue weighted by Crippen LogP contribution is 2.18. The lowest BCUT2D eigenvalue weighted by atomic mass is 10.2. The third kappa shape index (κ3) is 5.18. The van der Waals surface area contributed by atoms with Gasteiger partial charge in [-0.15, -0.1) is 0 Å². The molecule has 0 aromatic heterocycles. The Balaban J connectivity index is 2.54. The number of unbranched alkanes of at least 4 members (excludes halogenated alkanes) is 3. The summed E-state index contributed by atoms with van der Waals surface area (Å²) in [5.41, 5.74) is 6.74. The van der Waals surface area contributed by atoms with Crippen LogP contribution in [0.5, 0.6) is 0 Å². The van der Waals surface area contributed by atoms with Crippen LogP contribution < -0.4 is 10.5 Å². The zero-order chi connectivity index (χ0) is 14.3. The highest BCUT2D eigenvalue weighted by molar-refractivity contribution is 7.89. The number of aliphatic hydroxyl groups excluding tert-OH is 1. The minimum atomic E-state index is -3.49. The molecule has 0 saturated heterocycles. The number of nitrogen functional groups attached to an aromatic ring is 1. The van der Waals surface area contributed by atoms with Crippen molar-refractivity contribution in [2.24, 2.45) is 0 Å². The Morgan fingerprint density at radius 1 is 1.21 bits per heavy atom. The van der Waals surface area contributed by atoms with E-state index in [9.17, 15) is 8.42 Å². The van der Waals surface area contributed by atoms with Crippen molar-refractivity contribution in [3.63, 3.8) is 0 Å². The van der Waals surface area contributed by atoms with Gasteiger partial charge in [0.25, 0.3) is 0 Å². The van der Waals surface area contributed by atoms with Gasteiger partial charge in [-0.2, -0.15) is 0 Å². The van der Waals surface area contributed by atoms with Crippen LogP contribution in [0.1, 0.15) is 31.2 Å². The first-order chi connectivity index (χ1) is 8.97. The molecule has 0 aliphatic rings. The highest BCUT2D eigenvalue weighted by atomic mass is 32.2. The van der Waals surface area contributed by atoms with E-state index in [1.165, 1.54) is 6.07 Å². The van der Waals surface area contributed by atoms with Crippen LogP contribution in [0.3, 0.4) is 0 Å². The van der Waals surface area contributed by atoms with Crippen LogP contribution >= 0.6 is 0 Å². The number of hydrogen-bond acceptors (Lipinski definition) is 4. The van der Waals surface area contributed by atoms with E-state index in [-0.39, 0.29) is 11.5 Å². The molecule has 0 spiro atoms. The maximum Gasteiger partial charge on any atom is 0.240 e. The molecular formula is C13H22N2O3S. The average molecular weight is 286 g/mol. The largest absolute Gasteiger partial charge is 0.399 e. The van der Waals surface area contributed by atoms with Crippen molar-refractivity contribution < 1.29 is 13.5 Å². The van der Waals surface area contributed by atoms with Gasteiger partial charge in [-0.05, 0) is 37.5 Å². The second kappa shape index (κ2) is 7.47. The second-order valence-electron chi connectivity index (χ2n) is 4.56. The summed E-state index contributed by atoms with van der Waals surface area (Å²) in [5.74, 6) is 0. The number of sulfonamides is 1. The SMILES string of the molecule is Cc1ccc(N)cc1S(=O)(=O)NCCCCCCO. The number of nitrogens with two attached hydrogens (primary N) is 1. The number of nitrogens with one attached hydrogen (secondary N) is 1.